The SMILES string of the molecule is O=C(NCC1CCCN(S(=O)(=O)c2cncc(F)c2)C1)C1CCCN1. The van der Waals surface area contributed by atoms with E-state index in [4.69, 9.17) is 0 Å². The highest BCUT2D eigenvalue weighted by atomic mass is 32.2. The molecule has 3 rings (SSSR count). The molecular weight excluding hydrogens is 347 g/mol. The minimum absolute atomic E-state index is 0.0215. The maximum Gasteiger partial charge on any atom is 0.244 e. The highest BCUT2D eigenvalue weighted by molar-refractivity contribution is 7.89. The Balaban J connectivity index is 1.59. The summed E-state index contributed by atoms with van der Waals surface area (Å²) in [5.41, 5.74) is 0. The third-order valence-electron chi connectivity index (χ3n) is 4.74. The van der Waals surface area contributed by atoms with Gasteiger partial charge in [0.05, 0.1) is 12.2 Å². The fraction of sp³-hybridized carbons (Fsp3) is 0.625. The van der Waals surface area contributed by atoms with Crippen molar-refractivity contribution < 1.29 is 17.6 Å². The van der Waals surface area contributed by atoms with Gasteiger partial charge in [-0.2, -0.15) is 4.31 Å². The molecule has 2 N–H and O–H groups in total. The molecule has 2 unspecified atom stereocenters. The van der Waals surface area contributed by atoms with E-state index in [-0.39, 0.29) is 22.8 Å². The molecule has 1 amide bonds. The minimum atomic E-state index is -3.77. The molecule has 9 heteroatoms. The first-order valence-corrected chi connectivity index (χ1v) is 10.0. The lowest BCUT2D eigenvalue weighted by Crippen LogP contribution is -2.46. The number of carbonyl (C=O) groups excluding carboxylic acids is 1. The summed E-state index contributed by atoms with van der Waals surface area (Å²) in [5.74, 6) is -0.645. The van der Waals surface area contributed by atoms with E-state index >= 15 is 0 Å². The lowest BCUT2D eigenvalue weighted by molar-refractivity contribution is -0.123. The van der Waals surface area contributed by atoms with Crippen LogP contribution in [0.25, 0.3) is 0 Å². The van der Waals surface area contributed by atoms with E-state index in [0.29, 0.717) is 26.1 Å². The van der Waals surface area contributed by atoms with Crippen LogP contribution in [0.4, 0.5) is 4.39 Å². The number of carbonyl (C=O) groups is 1. The summed E-state index contributed by atoms with van der Waals surface area (Å²) in [4.78, 5) is 15.6. The molecule has 0 aliphatic carbocycles. The molecule has 1 aromatic heterocycles. The fourth-order valence-electron chi connectivity index (χ4n) is 3.37. The van der Waals surface area contributed by atoms with Gasteiger partial charge in [-0.3, -0.25) is 9.78 Å². The van der Waals surface area contributed by atoms with Crippen LogP contribution in [0, 0.1) is 11.7 Å². The number of hydrogen-bond donors (Lipinski definition) is 2. The second-order valence-electron chi connectivity index (χ2n) is 6.60. The van der Waals surface area contributed by atoms with Crippen molar-refractivity contribution in [1.82, 2.24) is 19.9 Å². The molecular formula is C16H23FN4O3S. The molecule has 2 fully saturated rings. The van der Waals surface area contributed by atoms with Crippen molar-refractivity contribution in [3.05, 3.63) is 24.3 Å². The molecule has 2 aliphatic heterocycles. The van der Waals surface area contributed by atoms with Crippen LogP contribution in [-0.4, -0.2) is 55.8 Å². The number of hydrogen-bond acceptors (Lipinski definition) is 5. The second-order valence-corrected chi connectivity index (χ2v) is 8.54. The van der Waals surface area contributed by atoms with Crippen molar-refractivity contribution in [3.8, 4) is 0 Å². The van der Waals surface area contributed by atoms with Crippen molar-refractivity contribution >= 4 is 15.9 Å². The predicted octanol–water partition coefficient (Wildman–Crippen LogP) is 0.490. The van der Waals surface area contributed by atoms with Crippen LogP contribution in [0.5, 0.6) is 0 Å². The molecule has 7 nitrogen and oxygen atoms in total. The molecule has 0 aromatic carbocycles. The number of nitrogens with zero attached hydrogens (tertiary/aromatic N) is 2. The average molecular weight is 370 g/mol. The largest absolute Gasteiger partial charge is 0.354 e. The molecule has 25 heavy (non-hydrogen) atoms. The van der Waals surface area contributed by atoms with Crippen LogP contribution in [0.3, 0.4) is 0 Å². The molecule has 0 spiro atoms. The van der Waals surface area contributed by atoms with Crippen LogP contribution in [0.1, 0.15) is 25.7 Å². The smallest absolute Gasteiger partial charge is 0.244 e. The number of aromatic nitrogens is 1. The minimum Gasteiger partial charge on any atom is -0.354 e. The van der Waals surface area contributed by atoms with E-state index in [2.05, 4.69) is 15.6 Å². The van der Waals surface area contributed by atoms with E-state index in [1.807, 2.05) is 0 Å². The number of pyridine rings is 1. The van der Waals surface area contributed by atoms with Crippen LogP contribution in [0.15, 0.2) is 23.4 Å². The molecule has 2 saturated heterocycles. The Morgan fingerprint density at radius 2 is 2.20 bits per heavy atom. The van der Waals surface area contributed by atoms with Crippen molar-refractivity contribution in [2.45, 2.75) is 36.6 Å². The third kappa shape index (κ3) is 4.34. The highest BCUT2D eigenvalue weighted by Crippen LogP contribution is 2.23. The number of halogens is 1. The zero-order valence-electron chi connectivity index (χ0n) is 13.9. The van der Waals surface area contributed by atoms with Gasteiger partial charge in [0, 0.05) is 25.8 Å². The number of piperidine rings is 1. The van der Waals surface area contributed by atoms with E-state index in [1.165, 1.54) is 4.31 Å². The normalized spacial score (nSPS) is 25.0. The highest BCUT2D eigenvalue weighted by Gasteiger charge is 2.31. The van der Waals surface area contributed by atoms with Gasteiger partial charge in [-0.1, -0.05) is 0 Å². The van der Waals surface area contributed by atoms with E-state index in [1.54, 1.807) is 0 Å². The Morgan fingerprint density at radius 1 is 1.36 bits per heavy atom. The fourth-order valence-corrected chi connectivity index (χ4v) is 4.90. The topological polar surface area (TPSA) is 91.4 Å². The Bertz CT molecular complexity index is 722. The molecule has 0 bridgehead atoms. The number of rotatable bonds is 5. The van der Waals surface area contributed by atoms with Gasteiger partial charge < -0.3 is 10.6 Å². The molecule has 0 saturated carbocycles. The van der Waals surface area contributed by atoms with E-state index in [0.717, 1.165) is 44.3 Å². The predicted molar refractivity (Wildman–Crippen MR) is 89.7 cm³/mol. The van der Waals surface area contributed by atoms with Crippen molar-refractivity contribution in [2.75, 3.05) is 26.2 Å². The van der Waals surface area contributed by atoms with Gasteiger partial charge in [0.15, 0.2) is 0 Å². The van der Waals surface area contributed by atoms with Gasteiger partial charge in [-0.05, 0) is 44.2 Å². The first kappa shape index (κ1) is 18.2. The maximum absolute atomic E-state index is 13.3. The van der Waals surface area contributed by atoms with E-state index < -0.39 is 15.8 Å². The number of nitrogens with one attached hydrogen (secondary N) is 2. The summed E-state index contributed by atoms with van der Waals surface area (Å²) in [6.45, 7) is 2.02. The van der Waals surface area contributed by atoms with Gasteiger partial charge in [0.25, 0.3) is 0 Å². The zero-order valence-corrected chi connectivity index (χ0v) is 14.8. The van der Waals surface area contributed by atoms with Gasteiger partial charge in [-0.25, -0.2) is 12.8 Å². The quantitative estimate of drug-likeness (QED) is 0.787. The van der Waals surface area contributed by atoms with Crippen LogP contribution in [0.2, 0.25) is 0 Å². The first-order chi connectivity index (χ1) is 12.0. The van der Waals surface area contributed by atoms with Crippen LogP contribution < -0.4 is 10.6 Å². The summed E-state index contributed by atoms with van der Waals surface area (Å²) < 4.78 is 40.0. The Kier molecular flexibility index (Phi) is 5.65. The van der Waals surface area contributed by atoms with Crippen molar-refractivity contribution in [1.29, 1.82) is 0 Å². The second kappa shape index (κ2) is 7.76. The summed E-state index contributed by atoms with van der Waals surface area (Å²) in [7, 11) is -3.77. The van der Waals surface area contributed by atoms with Crippen LogP contribution in [-0.2, 0) is 14.8 Å². The number of amides is 1. The van der Waals surface area contributed by atoms with Gasteiger partial charge in [0.2, 0.25) is 15.9 Å². The molecule has 138 valence electrons. The van der Waals surface area contributed by atoms with Crippen molar-refractivity contribution in [3.63, 3.8) is 0 Å². The summed E-state index contributed by atoms with van der Waals surface area (Å²) in [6.07, 6.45) is 5.54. The lowest BCUT2D eigenvalue weighted by atomic mass is 9.99. The Labute approximate surface area is 147 Å². The van der Waals surface area contributed by atoms with Gasteiger partial charge in [0.1, 0.15) is 10.7 Å². The van der Waals surface area contributed by atoms with Crippen molar-refractivity contribution in [2.24, 2.45) is 5.92 Å². The Hall–Kier alpha value is -1.58. The van der Waals surface area contributed by atoms with Crippen LogP contribution >= 0.6 is 0 Å². The lowest BCUT2D eigenvalue weighted by Gasteiger charge is -2.32. The molecule has 3 heterocycles. The molecule has 2 atom stereocenters. The third-order valence-corrected chi connectivity index (χ3v) is 6.57. The molecule has 1 aromatic rings. The standard InChI is InChI=1S/C16H23FN4O3S/c17-13-7-14(10-18-9-13)25(23,24)21-6-2-3-12(11-21)8-20-16(22)15-4-1-5-19-15/h7,9-10,12,15,19H,1-6,8,11H2,(H,20,22). The maximum atomic E-state index is 13.3. The van der Waals surface area contributed by atoms with Gasteiger partial charge in [-0.15, -0.1) is 0 Å². The monoisotopic (exact) mass is 370 g/mol. The zero-order chi connectivity index (χ0) is 17.9. The summed E-state index contributed by atoms with van der Waals surface area (Å²) in [5, 5.41) is 6.06. The van der Waals surface area contributed by atoms with Gasteiger partial charge >= 0.3 is 0 Å². The first-order valence-electron chi connectivity index (χ1n) is 8.58. The summed E-state index contributed by atoms with van der Waals surface area (Å²) in [6, 6.07) is 0.848. The number of sulfonamides is 1. The Morgan fingerprint density at radius 3 is 2.92 bits per heavy atom. The summed E-state index contributed by atoms with van der Waals surface area (Å²) >= 11 is 0. The van der Waals surface area contributed by atoms with E-state index in [9.17, 15) is 17.6 Å². The molecule has 0 radical (unpaired) electrons. The average Bonchev–Trinajstić information content (AvgIpc) is 3.15. The molecule has 2 aliphatic rings.